The first-order valence-electron chi connectivity index (χ1n) is 5.75. The normalized spacial score (nSPS) is 10.4. The summed E-state index contributed by atoms with van der Waals surface area (Å²) in [4.78, 5) is 8.24. The molecule has 1 heterocycles. The van der Waals surface area contributed by atoms with Gasteiger partial charge in [0, 0.05) is 19.2 Å². The number of nitrogens with one attached hydrogen (secondary N) is 2. The molecule has 1 aromatic heterocycles. The van der Waals surface area contributed by atoms with E-state index in [-0.39, 0.29) is 11.3 Å². The van der Waals surface area contributed by atoms with Crippen LogP contribution in [0.5, 0.6) is 0 Å². The van der Waals surface area contributed by atoms with Crippen molar-refractivity contribution in [3.05, 3.63) is 41.2 Å². The van der Waals surface area contributed by atoms with Crippen LogP contribution in [0.1, 0.15) is 11.4 Å². The van der Waals surface area contributed by atoms with Crippen molar-refractivity contribution < 1.29 is 8.78 Å². The van der Waals surface area contributed by atoms with Crippen LogP contribution in [0, 0.1) is 25.5 Å². The number of aryl methyl sites for hydroxylation is 2. The minimum Gasteiger partial charge on any atom is -0.373 e. The molecule has 1 aromatic carbocycles. The van der Waals surface area contributed by atoms with Crippen molar-refractivity contribution in [3.8, 4) is 0 Å². The van der Waals surface area contributed by atoms with E-state index in [4.69, 9.17) is 0 Å². The van der Waals surface area contributed by atoms with Gasteiger partial charge in [0.1, 0.15) is 29.1 Å². The van der Waals surface area contributed by atoms with Gasteiger partial charge in [-0.15, -0.1) is 0 Å². The number of benzene rings is 1. The quantitative estimate of drug-likeness (QED) is 0.894. The fraction of sp³-hybridized carbons (Fsp3) is 0.231. The second-order valence-corrected chi connectivity index (χ2v) is 4.14. The Kier molecular flexibility index (Phi) is 3.59. The van der Waals surface area contributed by atoms with Gasteiger partial charge < -0.3 is 10.6 Å². The highest BCUT2D eigenvalue weighted by molar-refractivity contribution is 5.60. The summed E-state index contributed by atoms with van der Waals surface area (Å²) in [6.07, 6.45) is 0. The smallest absolute Gasteiger partial charge is 0.147 e. The summed E-state index contributed by atoms with van der Waals surface area (Å²) in [7, 11) is 1.72. The second-order valence-electron chi connectivity index (χ2n) is 4.14. The molecule has 100 valence electrons. The summed E-state index contributed by atoms with van der Waals surface area (Å²) in [5.74, 6) is 0.536. The average molecular weight is 264 g/mol. The Morgan fingerprint density at radius 3 is 2.32 bits per heavy atom. The minimum absolute atomic E-state index is 0.0447. The molecule has 0 aliphatic carbocycles. The lowest BCUT2D eigenvalue weighted by Gasteiger charge is -2.10. The van der Waals surface area contributed by atoms with Crippen LogP contribution in [0.15, 0.2) is 18.2 Å². The molecule has 2 rings (SSSR count). The molecule has 0 amide bonds. The number of nitrogens with zero attached hydrogens (tertiary/aromatic N) is 2. The SMILES string of the molecule is CNc1cc(Nc2cc(F)c(C)cc2F)nc(C)n1. The predicted octanol–water partition coefficient (Wildman–Crippen LogP) is 3.16. The molecule has 4 nitrogen and oxygen atoms in total. The average Bonchev–Trinajstić information content (AvgIpc) is 2.35. The summed E-state index contributed by atoms with van der Waals surface area (Å²) in [5.41, 5.74) is 0.307. The first kappa shape index (κ1) is 13.2. The van der Waals surface area contributed by atoms with Crippen LogP contribution in [0.2, 0.25) is 0 Å². The van der Waals surface area contributed by atoms with Gasteiger partial charge in [-0.2, -0.15) is 0 Å². The summed E-state index contributed by atoms with van der Waals surface area (Å²) < 4.78 is 27.1. The molecule has 0 radical (unpaired) electrons. The highest BCUT2D eigenvalue weighted by Gasteiger charge is 2.09. The molecular formula is C13H14F2N4. The minimum atomic E-state index is -0.527. The van der Waals surface area contributed by atoms with E-state index in [9.17, 15) is 8.78 Å². The van der Waals surface area contributed by atoms with Crippen LogP contribution in [0.3, 0.4) is 0 Å². The highest BCUT2D eigenvalue weighted by atomic mass is 19.1. The van der Waals surface area contributed by atoms with E-state index < -0.39 is 11.6 Å². The standard InChI is InChI=1S/C13H14F2N4/c1-7-4-10(15)11(5-9(7)14)19-13-6-12(16-3)17-8(2)18-13/h4-6H,1-3H3,(H2,16,17,18,19). The van der Waals surface area contributed by atoms with Gasteiger partial charge in [0.2, 0.25) is 0 Å². The number of hydrogen-bond donors (Lipinski definition) is 2. The molecule has 2 N–H and O–H groups in total. The zero-order valence-electron chi connectivity index (χ0n) is 10.9. The van der Waals surface area contributed by atoms with Gasteiger partial charge in [0.15, 0.2) is 0 Å². The Morgan fingerprint density at radius 1 is 0.947 bits per heavy atom. The van der Waals surface area contributed by atoms with Gasteiger partial charge >= 0.3 is 0 Å². The summed E-state index contributed by atoms with van der Waals surface area (Å²) >= 11 is 0. The molecule has 0 saturated carbocycles. The third-order valence-corrected chi connectivity index (χ3v) is 2.61. The van der Waals surface area contributed by atoms with Crippen LogP contribution in [-0.2, 0) is 0 Å². The molecule has 0 aliphatic heterocycles. The number of aromatic nitrogens is 2. The Labute approximate surface area is 109 Å². The van der Waals surface area contributed by atoms with E-state index in [1.54, 1.807) is 20.0 Å². The van der Waals surface area contributed by atoms with Gasteiger partial charge in [-0.05, 0) is 25.5 Å². The van der Waals surface area contributed by atoms with E-state index >= 15 is 0 Å². The van der Waals surface area contributed by atoms with Crippen molar-refractivity contribution >= 4 is 17.3 Å². The van der Waals surface area contributed by atoms with Crippen LogP contribution < -0.4 is 10.6 Å². The van der Waals surface area contributed by atoms with E-state index in [0.29, 0.717) is 17.5 Å². The molecule has 2 aromatic rings. The van der Waals surface area contributed by atoms with E-state index in [0.717, 1.165) is 12.1 Å². The zero-order valence-corrected chi connectivity index (χ0v) is 10.9. The van der Waals surface area contributed by atoms with Gasteiger partial charge in [-0.3, -0.25) is 0 Å². The Hall–Kier alpha value is -2.24. The van der Waals surface area contributed by atoms with E-state index in [2.05, 4.69) is 20.6 Å². The molecule has 0 unspecified atom stereocenters. The van der Waals surface area contributed by atoms with Crippen LogP contribution in [-0.4, -0.2) is 17.0 Å². The molecule has 6 heteroatoms. The molecular weight excluding hydrogens is 250 g/mol. The van der Waals surface area contributed by atoms with Crippen LogP contribution >= 0.6 is 0 Å². The van der Waals surface area contributed by atoms with Crippen molar-refractivity contribution in [3.63, 3.8) is 0 Å². The summed E-state index contributed by atoms with van der Waals surface area (Å²) in [6, 6.07) is 3.87. The number of anilines is 3. The second kappa shape index (κ2) is 5.17. The molecule has 0 saturated heterocycles. The maximum atomic E-state index is 13.7. The van der Waals surface area contributed by atoms with E-state index in [1.165, 1.54) is 6.92 Å². The monoisotopic (exact) mass is 264 g/mol. The van der Waals surface area contributed by atoms with Crippen molar-refractivity contribution in [1.29, 1.82) is 0 Å². The fourth-order valence-corrected chi connectivity index (χ4v) is 1.64. The van der Waals surface area contributed by atoms with Crippen molar-refractivity contribution in [1.82, 2.24) is 9.97 Å². The molecule has 19 heavy (non-hydrogen) atoms. The topological polar surface area (TPSA) is 49.8 Å². The number of rotatable bonds is 3. The van der Waals surface area contributed by atoms with Crippen LogP contribution in [0.25, 0.3) is 0 Å². The largest absolute Gasteiger partial charge is 0.373 e. The van der Waals surface area contributed by atoms with Crippen LogP contribution in [0.4, 0.5) is 26.1 Å². The molecule has 0 atom stereocenters. The lowest BCUT2D eigenvalue weighted by molar-refractivity contribution is 0.595. The van der Waals surface area contributed by atoms with Crippen molar-refractivity contribution in [2.24, 2.45) is 0 Å². The van der Waals surface area contributed by atoms with Gasteiger partial charge in [-0.25, -0.2) is 18.7 Å². The lowest BCUT2D eigenvalue weighted by atomic mass is 10.2. The Morgan fingerprint density at radius 2 is 1.63 bits per heavy atom. The Bertz CT molecular complexity index is 614. The summed E-state index contributed by atoms with van der Waals surface area (Å²) in [6.45, 7) is 3.23. The Balaban J connectivity index is 2.36. The predicted molar refractivity (Wildman–Crippen MR) is 70.7 cm³/mol. The fourth-order valence-electron chi connectivity index (χ4n) is 1.64. The molecule has 0 bridgehead atoms. The number of halogens is 2. The zero-order chi connectivity index (χ0) is 14.0. The highest BCUT2D eigenvalue weighted by Crippen LogP contribution is 2.23. The third-order valence-electron chi connectivity index (χ3n) is 2.61. The third kappa shape index (κ3) is 2.96. The van der Waals surface area contributed by atoms with Gasteiger partial charge in [0.25, 0.3) is 0 Å². The maximum Gasteiger partial charge on any atom is 0.147 e. The van der Waals surface area contributed by atoms with Crippen molar-refractivity contribution in [2.45, 2.75) is 13.8 Å². The lowest BCUT2D eigenvalue weighted by Crippen LogP contribution is -2.03. The molecule has 0 spiro atoms. The molecule has 0 aliphatic rings. The van der Waals surface area contributed by atoms with Crippen molar-refractivity contribution in [2.75, 3.05) is 17.7 Å². The number of hydrogen-bond acceptors (Lipinski definition) is 4. The molecule has 0 fully saturated rings. The first-order valence-corrected chi connectivity index (χ1v) is 5.75. The van der Waals surface area contributed by atoms with Gasteiger partial charge in [0.05, 0.1) is 5.69 Å². The van der Waals surface area contributed by atoms with Gasteiger partial charge in [-0.1, -0.05) is 0 Å². The first-order chi connectivity index (χ1) is 8.99. The maximum absolute atomic E-state index is 13.7. The van der Waals surface area contributed by atoms with E-state index in [1.807, 2.05) is 0 Å². The summed E-state index contributed by atoms with van der Waals surface area (Å²) in [5, 5.41) is 5.62.